The third kappa shape index (κ3) is 5.69. The lowest BCUT2D eigenvalue weighted by molar-refractivity contribution is -0.118. The first-order chi connectivity index (χ1) is 11.1. The fourth-order valence-electron chi connectivity index (χ4n) is 2.23. The molecule has 1 atom stereocenters. The van der Waals surface area contributed by atoms with Gasteiger partial charge in [-0.05, 0) is 38.7 Å². The fraction of sp³-hybridized carbons (Fsp3) is 0.333. The van der Waals surface area contributed by atoms with E-state index in [1.165, 1.54) is 22.9 Å². The van der Waals surface area contributed by atoms with E-state index < -0.39 is 0 Å². The number of benzene rings is 1. The first kappa shape index (κ1) is 17.5. The maximum absolute atomic E-state index is 12.1. The van der Waals surface area contributed by atoms with E-state index in [2.05, 4.69) is 46.4 Å². The normalized spacial score (nSPS) is 12.2. The molecule has 1 aromatic heterocycles. The summed E-state index contributed by atoms with van der Waals surface area (Å²) >= 11 is 1.52. The number of aromatic nitrogens is 1. The van der Waals surface area contributed by atoms with Crippen LogP contribution in [0, 0.1) is 6.92 Å². The minimum absolute atomic E-state index is 0.0470. The molecule has 2 rings (SSSR count). The smallest absolute Gasteiger partial charge is 0.230 e. The van der Waals surface area contributed by atoms with Crippen molar-refractivity contribution in [3.63, 3.8) is 0 Å². The fourth-order valence-corrected chi connectivity index (χ4v) is 2.95. The van der Waals surface area contributed by atoms with Crippen LogP contribution in [0.2, 0.25) is 0 Å². The predicted molar refractivity (Wildman–Crippen MR) is 95.6 cm³/mol. The zero-order valence-electron chi connectivity index (χ0n) is 13.8. The van der Waals surface area contributed by atoms with Gasteiger partial charge in [-0.3, -0.25) is 9.78 Å². The molecule has 0 aliphatic carbocycles. The van der Waals surface area contributed by atoms with E-state index in [4.69, 9.17) is 0 Å². The number of pyridine rings is 1. The van der Waals surface area contributed by atoms with Crippen LogP contribution < -0.4 is 5.32 Å². The molecule has 5 heteroatoms. The molecule has 1 amide bonds. The molecule has 1 aromatic carbocycles. The second-order valence-electron chi connectivity index (χ2n) is 5.67. The summed E-state index contributed by atoms with van der Waals surface area (Å²) in [6.45, 7) is 2.68. The molecular weight excluding hydrogens is 306 g/mol. The van der Waals surface area contributed by atoms with Gasteiger partial charge in [0.2, 0.25) is 5.91 Å². The van der Waals surface area contributed by atoms with Crippen molar-refractivity contribution in [1.29, 1.82) is 0 Å². The van der Waals surface area contributed by atoms with Crippen LogP contribution >= 0.6 is 11.8 Å². The number of carbonyl (C=O) groups excluding carboxylic acids is 1. The monoisotopic (exact) mass is 329 g/mol. The Bertz CT molecular complexity index is 614. The van der Waals surface area contributed by atoms with Gasteiger partial charge in [-0.1, -0.05) is 29.8 Å². The Morgan fingerprint density at radius 3 is 2.43 bits per heavy atom. The van der Waals surface area contributed by atoms with Gasteiger partial charge in [0, 0.05) is 23.8 Å². The van der Waals surface area contributed by atoms with Crippen LogP contribution in [0.4, 0.5) is 0 Å². The van der Waals surface area contributed by atoms with E-state index in [9.17, 15) is 4.79 Å². The molecule has 0 fully saturated rings. The SMILES string of the molecule is Cc1ccc([C@@H](CNC(=O)CSc2ccncc2)N(C)C)cc1. The van der Waals surface area contributed by atoms with Crippen molar-refractivity contribution in [2.45, 2.75) is 17.9 Å². The summed E-state index contributed by atoms with van der Waals surface area (Å²) in [5.74, 6) is 0.462. The average Bonchev–Trinajstić information content (AvgIpc) is 2.55. The van der Waals surface area contributed by atoms with Crippen LogP contribution in [0.15, 0.2) is 53.7 Å². The van der Waals surface area contributed by atoms with Crippen molar-refractivity contribution >= 4 is 17.7 Å². The van der Waals surface area contributed by atoms with Crippen LogP contribution in [0.5, 0.6) is 0 Å². The summed E-state index contributed by atoms with van der Waals surface area (Å²) in [6, 6.07) is 12.4. The topological polar surface area (TPSA) is 45.2 Å². The highest BCUT2D eigenvalue weighted by Gasteiger charge is 2.15. The molecule has 1 N–H and O–H groups in total. The molecule has 0 aliphatic heterocycles. The lowest BCUT2D eigenvalue weighted by Gasteiger charge is -2.25. The predicted octanol–water partition coefficient (Wildman–Crippen LogP) is 2.90. The number of hydrogen-bond acceptors (Lipinski definition) is 4. The molecule has 0 saturated carbocycles. The molecule has 4 nitrogen and oxygen atoms in total. The highest BCUT2D eigenvalue weighted by atomic mass is 32.2. The number of nitrogens with zero attached hydrogens (tertiary/aromatic N) is 2. The molecule has 2 aromatic rings. The van der Waals surface area contributed by atoms with Crippen LogP contribution in [-0.2, 0) is 4.79 Å². The minimum Gasteiger partial charge on any atom is -0.353 e. The van der Waals surface area contributed by atoms with Crippen molar-refractivity contribution in [3.05, 3.63) is 59.9 Å². The summed E-state index contributed by atoms with van der Waals surface area (Å²) < 4.78 is 0. The molecule has 0 unspecified atom stereocenters. The molecule has 0 aliphatic rings. The number of rotatable bonds is 7. The maximum Gasteiger partial charge on any atom is 0.230 e. The number of carbonyl (C=O) groups is 1. The number of nitrogens with one attached hydrogen (secondary N) is 1. The van der Waals surface area contributed by atoms with Gasteiger partial charge in [0.25, 0.3) is 0 Å². The number of aryl methyl sites for hydroxylation is 1. The molecule has 0 radical (unpaired) electrons. The van der Waals surface area contributed by atoms with E-state index in [1.807, 2.05) is 26.2 Å². The highest BCUT2D eigenvalue weighted by molar-refractivity contribution is 8.00. The summed E-state index contributed by atoms with van der Waals surface area (Å²) in [4.78, 5) is 19.2. The first-order valence-corrected chi connectivity index (χ1v) is 8.57. The van der Waals surface area contributed by atoms with Crippen molar-refractivity contribution in [2.75, 3.05) is 26.4 Å². The Morgan fingerprint density at radius 2 is 1.83 bits per heavy atom. The van der Waals surface area contributed by atoms with E-state index in [-0.39, 0.29) is 11.9 Å². The third-order valence-corrected chi connectivity index (χ3v) is 4.61. The summed E-state index contributed by atoms with van der Waals surface area (Å²) in [7, 11) is 4.06. The molecule has 23 heavy (non-hydrogen) atoms. The molecular formula is C18H23N3OS. The Hall–Kier alpha value is -1.85. The Labute approximate surface area is 142 Å². The molecule has 122 valence electrons. The Balaban J connectivity index is 1.86. The number of thioether (sulfide) groups is 1. The number of hydrogen-bond donors (Lipinski definition) is 1. The molecule has 0 saturated heterocycles. The van der Waals surface area contributed by atoms with E-state index in [1.54, 1.807) is 12.4 Å². The summed E-state index contributed by atoms with van der Waals surface area (Å²) in [5.41, 5.74) is 2.45. The standard InChI is InChI=1S/C18H23N3OS/c1-14-4-6-15(7-5-14)17(21(2)3)12-20-18(22)13-23-16-8-10-19-11-9-16/h4-11,17H,12-13H2,1-3H3,(H,20,22)/t17-/m1/s1. The number of amides is 1. The van der Waals surface area contributed by atoms with E-state index >= 15 is 0 Å². The van der Waals surface area contributed by atoms with Gasteiger partial charge in [-0.15, -0.1) is 11.8 Å². The lowest BCUT2D eigenvalue weighted by Crippen LogP contribution is -2.35. The maximum atomic E-state index is 12.1. The third-order valence-electron chi connectivity index (χ3n) is 3.60. The largest absolute Gasteiger partial charge is 0.353 e. The van der Waals surface area contributed by atoms with Crippen molar-refractivity contribution in [2.24, 2.45) is 0 Å². The van der Waals surface area contributed by atoms with E-state index in [0.29, 0.717) is 12.3 Å². The van der Waals surface area contributed by atoms with Gasteiger partial charge in [-0.25, -0.2) is 0 Å². The summed E-state index contributed by atoms with van der Waals surface area (Å²) in [6.07, 6.45) is 3.47. The second-order valence-corrected chi connectivity index (χ2v) is 6.71. The first-order valence-electron chi connectivity index (χ1n) is 7.59. The average molecular weight is 329 g/mol. The lowest BCUT2D eigenvalue weighted by atomic mass is 10.0. The van der Waals surface area contributed by atoms with Crippen molar-refractivity contribution in [1.82, 2.24) is 15.2 Å². The van der Waals surface area contributed by atoms with Gasteiger partial charge in [-0.2, -0.15) is 0 Å². The van der Waals surface area contributed by atoms with Crippen molar-refractivity contribution < 1.29 is 4.79 Å². The van der Waals surface area contributed by atoms with Gasteiger partial charge in [0.05, 0.1) is 11.8 Å². The van der Waals surface area contributed by atoms with Crippen molar-refractivity contribution in [3.8, 4) is 0 Å². The van der Waals surface area contributed by atoms with Gasteiger partial charge in [0.1, 0.15) is 0 Å². The summed E-state index contributed by atoms with van der Waals surface area (Å²) in [5, 5.41) is 3.03. The van der Waals surface area contributed by atoms with Gasteiger partial charge < -0.3 is 10.2 Å². The zero-order valence-corrected chi connectivity index (χ0v) is 14.6. The molecule has 0 spiro atoms. The minimum atomic E-state index is 0.0470. The Kier molecular flexibility index (Phi) is 6.62. The van der Waals surface area contributed by atoms with Crippen LogP contribution in [0.3, 0.4) is 0 Å². The van der Waals surface area contributed by atoms with Crippen LogP contribution in [0.25, 0.3) is 0 Å². The Morgan fingerprint density at radius 1 is 1.17 bits per heavy atom. The quantitative estimate of drug-likeness (QED) is 0.794. The second kappa shape index (κ2) is 8.70. The highest BCUT2D eigenvalue weighted by Crippen LogP contribution is 2.19. The van der Waals surface area contributed by atoms with Gasteiger partial charge >= 0.3 is 0 Å². The van der Waals surface area contributed by atoms with Crippen LogP contribution in [-0.4, -0.2) is 42.2 Å². The van der Waals surface area contributed by atoms with Crippen LogP contribution in [0.1, 0.15) is 17.2 Å². The van der Waals surface area contributed by atoms with E-state index in [0.717, 1.165) is 4.90 Å². The molecule has 1 heterocycles. The zero-order chi connectivity index (χ0) is 16.7. The number of likely N-dealkylation sites (N-methyl/N-ethyl adjacent to an activating group) is 1. The molecule has 0 bridgehead atoms. The van der Waals surface area contributed by atoms with Gasteiger partial charge in [0.15, 0.2) is 0 Å².